The molecular weight excluding hydrogens is 366 g/mol. The number of ether oxygens (including phenoxy) is 2. The van der Waals surface area contributed by atoms with Gasteiger partial charge < -0.3 is 9.47 Å². The number of para-hydroxylation sites is 1. The van der Waals surface area contributed by atoms with Crippen LogP contribution in [0.3, 0.4) is 0 Å². The maximum absolute atomic E-state index is 5.65. The second kappa shape index (κ2) is 7.49. The van der Waals surface area contributed by atoms with Crippen molar-refractivity contribution in [3.8, 4) is 11.5 Å². The minimum atomic E-state index is 0.586. The van der Waals surface area contributed by atoms with Gasteiger partial charge in [0.25, 0.3) is 0 Å². The molecule has 3 nitrogen and oxygen atoms in total. The fraction of sp³-hybridized carbons (Fsp3) is 0.150. The summed E-state index contributed by atoms with van der Waals surface area (Å²) in [5.74, 6) is 1.43. The Morgan fingerprint density at radius 1 is 1.08 bits per heavy atom. The summed E-state index contributed by atoms with van der Waals surface area (Å²) in [5.41, 5.74) is 2.92. The smallest absolute Gasteiger partial charge is 0.174 e. The number of hydrogen-bond acceptors (Lipinski definition) is 3. The molecule has 0 aliphatic carbocycles. The molecule has 4 heteroatoms. The van der Waals surface area contributed by atoms with E-state index in [0.29, 0.717) is 12.4 Å². The zero-order valence-electron chi connectivity index (χ0n) is 13.6. The summed E-state index contributed by atoms with van der Waals surface area (Å²) in [4.78, 5) is 4.65. The lowest BCUT2D eigenvalue weighted by atomic mass is 10.1. The van der Waals surface area contributed by atoms with Gasteiger partial charge in [-0.2, -0.15) is 0 Å². The molecule has 122 valence electrons. The van der Waals surface area contributed by atoms with Crippen molar-refractivity contribution < 1.29 is 9.47 Å². The van der Waals surface area contributed by atoms with Crippen molar-refractivity contribution in [2.45, 2.75) is 6.92 Å². The van der Waals surface area contributed by atoms with E-state index in [1.54, 1.807) is 7.11 Å². The van der Waals surface area contributed by atoms with Gasteiger partial charge in [0, 0.05) is 5.39 Å². The highest BCUT2D eigenvalue weighted by Gasteiger charge is 2.10. The largest absolute Gasteiger partial charge is 0.492 e. The Labute approximate surface area is 150 Å². The van der Waals surface area contributed by atoms with Crippen LogP contribution in [-0.2, 0) is 0 Å². The third kappa shape index (κ3) is 3.60. The predicted molar refractivity (Wildman–Crippen MR) is 103 cm³/mol. The summed E-state index contributed by atoms with van der Waals surface area (Å²) in [6.45, 7) is 2.54. The van der Waals surface area contributed by atoms with Crippen molar-refractivity contribution in [1.82, 2.24) is 4.98 Å². The number of rotatable bonds is 5. The van der Waals surface area contributed by atoms with E-state index in [9.17, 15) is 0 Å². The van der Waals surface area contributed by atoms with E-state index in [1.165, 1.54) is 0 Å². The number of aromatic nitrogens is 1. The fourth-order valence-corrected chi connectivity index (χ4v) is 3.12. The Morgan fingerprint density at radius 3 is 2.71 bits per heavy atom. The van der Waals surface area contributed by atoms with E-state index in [-0.39, 0.29) is 0 Å². The molecule has 1 aromatic heterocycles. The lowest BCUT2D eigenvalue weighted by Crippen LogP contribution is -1.96. The second-order valence-electron chi connectivity index (χ2n) is 5.23. The van der Waals surface area contributed by atoms with E-state index in [4.69, 9.17) is 9.47 Å². The Hall–Kier alpha value is -2.33. The van der Waals surface area contributed by atoms with E-state index >= 15 is 0 Å². The lowest BCUT2D eigenvalue weighted by molar-refractivity contribution is 0.310. The third-order valence-electron chi connectivity index (χ3n) is 3.60. The number of hydrogen-bond donors (Lipinski definition) is 0. The molecule has 0 bridgehead atoms. The zero-order valence-corrected chi connectivity index (χ0v) is 15.2. The normalized spacial score (nSPS) is 11.1. The molecule has 3 aromatic rings. The molecule has 0 spiro atoms. The molecule has 3 rings (SSSR count). The van der Waals surface area contributed by atoms with Gasteiger partial charge in [-0.3, -0.25) is 0 Å². The van der Waals surface area contributed by atoms with Crippen LogP contribution in [0.5, 0.6) is 11.5 Å². The maximum Gasteiger partial charge on any atom is 0.174 e. The highest BCUT2D eigenvalue weighted by atomic mass is 79.9. The van der Waals surface area contributed by atoms with Crippen molar-refractivity contribution in [3.05, 3.63) is 64.3 Å². The SMILES string of the molecule is CCOc1cc(/C=C/c2ccc3ccccc3n2)cc(Br)c1OC. The summed E-state index contributed by atoms with van der Waals surface area (Å²) in [5, 5.41) is 1.14. The number of methoxy groups -OCH3 is 1. The van der Waals surface area contributed by atoms with Crippen LogP contribution in [0.25, 0.3) is 23.1 Å². The summed E-state index contributed by atoms with van der Waals surface area (Å²) in [7, 11) is 1.64. The average molecular weight is 384 g/mol. The highest BCUT2D eigenvalue weighted by Crippen LogP contribution is 2.37. The Balaban J connectivity index is 1.92. The number of nitrogens with zero attached hydrogens (tertiary/aromatic N) is 1. The molecule has 1 heterocycles. The van der Waals surface area contributed by atoms with Gasteiger partial charge in [-0.15, -0.1) is 0 Å². The molecule has 0 radical (unpaired) electrons. The van der Waals surface area contributed by atoms with E-state index in [2.05, 4.69) is 33.0 Å². The van der Waals surface area contributed by atoms with Gasteiger partial charge in [0.1, 0.15) is 0 Å². The Morgan fingerprint density at radius 2 is 1.92 bits per heavy atom. The van der Waals surface area contributed by atoms with Crippen molar-refractivity contribution >= 4 is 39.0 Å². The topological polar surface area (TPSA) is 31.4 Å². The molecule has 0 N–H and O–H groups in total. The van der Waals surface area contributed by atoms with Crippen molar-refractivity contribution in [2.75, 3.05) is 13.7 Å². The van der Waals surface area contributed by atoms with Crippen LogP contribution in [-0.4, -0.2) is 18.7 Å². The highest BCUT2D eigenvalue weighted by molar-refractivity contribution is 9.10. The maximum atomic E-state index is 5.65. The molecule has 0 saturated heterocycles. The Kier molecular flexibility index (Phi) is 5.16. The molecular formula is C20H18BrNO2. The van der Waals surface area contributed by atoms with Crippen LogP contribution in [0.2, 0.25) is 0 Å². The van der Waals surface area contributed by atoms with Crippen LogP contribution in [0.4, 0.5) is 0 Å². The first-order valence-electron chi connectivity index (χ1n) is 7.75. The van der Waals surface area contributed by atoms with Crippen LogP contribution in [0.1, 0.15) is 18.2 Å². The quantitative estimate of drug-likeness (QED) is 0.576. The molecule has 0 saturated carbocycles. The van der Waals surface area contributed by atoms with Crippen LogP contribution >= 0.6 is 15.9 Å². The molecule has 0 amide bonds. The van der Waals surface area contributed by atoms with E-state index in [1.807, 2.05) is 55.5 Å². The Bertz CT molecular complexity index is 890. The van der Waals surface area contributed by atoms with Crippen LogP contribution in [0, 0.1) is 0 Å². The number of benzene rings is 2. The molecule has 0 aliphatic heterocycles. The van der Waals surface area contributed by atoms with Gasteiger partial charge in [0.2, 0.25) is 0 Å². The van der Waals surface area contributed by atoms with Gasteiger partial charge in [0.05, 0.1) is 29.4 Å². The average Bonchev–Trinajstić information content (AvgIpc) is 2.60. The third-order valence-corrected chi connectivity index (χ3v) is 4.19. The summed E-state index contributed by atoms with van der Waals surface area (Å²) in [6.07, 6.45) is 4.01. The molecule has 0 unspecified atom stereocenters. The fourth-order valence-electron chi connectivity index (χ4n) is 2.50. The second-order valence-corrected chi connectivity index (χ2v) is 6.08. The van der Waals surface area contributed by atoms with Crippen LogP contribution < -0.4 is 9.47 Å². The standard InChI is InChI=1S/C20H18BrNO2/c1-3-24-19-13-14(12-17(21)20(19)23-2)8-10-16-11-9-15-6-4-5-7-18(15)22-16/h4-13H,3H2,1-2H3/b10-8+. The first-order valence-corrected chi connectivity index (χ1v) is 8.54. The van der Waals surface area contributed by atoms with Gasteiger partial charge >= 0.3 is 0 Å². The summed E-state index contributed by atoms with van der Waals surface area (Å²) in [6, 6.07) is 16.2. The van der Waals surface area contributed by atoms with E-state index in [0.717, 1.165) is 32.4 Å². The summed E-state index contributed by atoms with van der Waals surface area (Å²) >= 11 is 3.53. The molecule has 24 heavy (non-hydrogen) atoms. The number of pyridine rings is 1. The molecule has 0 aliphatic rings. The predicted octanol–water partition coefficient (Wildman–Crippen LogP) is 5.58. The lowest BCUT2D eigenvalue weighted by Gasteiger charge is -2.12. The van der Waals surface area contributed by atoms with E-state index < -0.39 is 0 Å². The molecule has 0 fully saturated rings. The zero-order chi connectivity index (χ0) is 16.9. The van der Waals surface area contributed by atoms with Crippen LogP contribution in [0.15, 0.2) is 53.0 Å². The van der Waals surface area contributed by atoms with Gasteiger partial charge in [0.15, 0.2) is 11.5 Å². The number of halogens is 1. The first kappa shape index (κ1) is 16.5. The molecule has 0 atom stereocenters. The summed E-state index contributed by atoms with van der Waals surface area (Å²) < 4.78 is 11.9. The minimum Gasteiger partial charge on any atom is -0.492 e. The van der Waals surface area contributed by atoms with Crippen molar-refractivity contribution in [3.63, 3.8) is 0 Å². The number of fused-ring (bicyclic) bond motifs is 1. The van der Waals surface area contributed by atoms with Crippen molar-refractivity contribution in [2.24, 2.45) is 0 Å². The van der Waals surface area contributed by atoms with Crippen molar-refractivity contribution in [1.29, 1.82) is 0 Å². The first-order chi connectivity index (χ1) is 11.7. The van der Waals surface area contributed by atoms with Gasteiger partial charge in [-0.1, -0.05) is 30.3 Å². The monoisotopic (exact) mass is 383 g/mol. The molecule has 2 aromatic carbocycles. The minimum absolute atomic E-state index is 0.586. The van der Waals surface area contributed by atoms with Gasteiger partial charge in [-0.25, -0.2) is 4.98 Å². The van der Waals surface area contributed by atoms with Gasteiger partial charge in [-0.05, 0) is 58.8 Å².